The van der Waals surface area contributed by atoms with Gasteiger partial charge in [-0.15, -0.1) is 0 Å². The van der Waals surface area contributed by atoms with Crippen molar-refractivity contribution in [2.45, 2.75) is 25.8 Å². The van der Waals surface area contributed by atoms with E-state index in [0.717, 1.165) is 29.3 Å². The SMILES string of the molecule is [2H]C([2H])([2H])C1CN(c2ccc3oc(-c4cnc(NC)c5cnc(NC(=O)C6CC6)cc45)nc3c2)CCO1. The van der Waals surface area contributed by atoms with Crippen LogP contribution in [0.5, 0.6) is 0 Å². The molecular weight excluding hydrogens is 432 g/mol. The van der Waals surface area contributed by atoms with Gasteiger partial charge in [-0.25, -0.2) is 15.0 Å². The van der Waals surface area contributed by atoms with Gasteiger partial charge in [0.15, 0.2) is 5.58 Å². The highest BCUT2D eigenvalue weighted by molar-refractivity contribution is 6.03. The standard InChI is InChI=1S/C25H26N6O3/c1-14-13-31(7-8-33-14)16-5-6-21-20(9-16)29-25(34-21)19-12-28-23(26-2)18-11-27-22(10-17(18)19)30-24(32)15-3-4-15/h5-6,9-12,14-15H,3-4,7-8,13H2,1-2H3,(H,26,28)(H,27,30,32)/i1D3. The van der Waals surface area contributed by atoms with Gasteiger partial charge in [0.2, 0.25) is 11.8 Å². The molecule has 1 aromatic carbocycles. The van der Waals surface area contributed by atoms with Gasteiger partial charge in [-0.2, -0.15) is 0 Å². The molecule has 1 aliphatic carbocycles. The van der Waals surface area contributed by atoms with Gasteiger partial charge in [0.05, 0.1) is 18.3 Å². The number of benzene rings is 1. The number of morpholine rings is 1. The highest BCUT2D eigenvalue weighted by Gasteiger charge is 2.30. The summed E-state index contributed by atoms with van der Waals surface area (Å²) in [4.78, 5) is 27.9. The van der Waals surface area contributed by atoms with Crippen molar-refractivity contribution in [2.24, 2.45) is 5.92 Å². The zero-order chi connectivity index (χ0) is 25.7. The first-order chi connectivity index (χ1) is 17.8. The summed E-state index contributed by atoms with van der Waals surface area (Å²) < 4.78 is 34.7. The van der Waals surface area contributed by atoms with Crippen molar-refractivity contribution >= 4 is 45.1 Å². The van der Waals surface area contributed by atoms with Crippen LogP contribution in [-0.2, 0) is 9.53 Å². The molecule has 1 saturated heterocycles. The molecule has 6 rings (SSSR count). The van der Waals surface area contributed by atoms with Crippen molar-refractivity contribution in [3.8, 4) is 11.5 Å². The first-order valence-corrected chi connectivity index (χ1v) is 11.3. The monoisotopic (exact) mass is 461 g/mol. The van der Waals surface area contributed by atoms with Crippen molar-refractivity contribution in [1.82, 2.24) is 15.0 Å². The largest absolute Gasteiger partial charge is 0.436 e. The van der Waals surface area contributed by atoms with Gasteiger partial charge < -0.3 is 24.7 Å². The van der Waals surface area contributed by atoms with E-state index in [-0.39, 0.29) is 18.4 Å². The fourth-order valence-electron chi connectivity index (χ4n) is 4.26. The number of rotatable bonds is 5. The van der Waals surface area contributed by atoms with Gasteiger partial charge in [0.1, 0.15) is 17.2 Å². The molecule has 9 nitrogen and oxygen atoms in total. The third-order valence-corrected chi connectivity index (χ3v) is 6.24. The number of ether oxygens (including phenoxy) is 1. The minimum Gasteiger partial charge on any atom is -0.436 e. The summed E-state index contributed by atoms with van der Waals surface area (Å²) in [7, 11) is 1.79. The van der Waals surface area contributed by atoms with E-state index in [1.807, 2.05) is 29.2 Å². The molecule has 1 amide bonds. The number of nitrogens with one attached hydrogen (secondary N) is 2. The van der Waals surface area contributed by atoms with Gasteiger partial charge in [0, 0.05) is 59.0 Å². The van der Waals surface area contributed by atoms with E-state index in [4.69, 9.17) is 18.3 Å². The molecule has 3 aromatic heterocycles. The number of amides is 1. The number of hydrogen-bond donors (Lipinski definition) is 2. The second kappa shape index (κ2) is 8.25. The van der Waals surface area contributed by atoms with E-state index in [1.165, 1.54) is 0 Å². The number of aromatic nitrogens is 3. The molecule has 0 radical (unpaired) electrons. The van der Waals surface area contributed by atoms with Gasteiger partial charge in [-0.1, -0.05) is 0 Å². The van der Waals surface area contributed by atoms with Crippen molar-refractivity contribution in [1.29, 1.82) is 0 Å². The van der Waals surface area contributed by atoms with Gasteiger partial charge in [-0.05, 0) is 44.0 Å². The van der Waals surface area contributed by atoms with Crippen LogP contribution < -0.4 is 15.5 Å². The summed E-state index contributed by atoms with van der Waals surface area (Å²) >= 11 is 0. The number of oxazole rings is 1. The summed E-state index contributed by atoms with van der Waals surface area (Å²) in [6.45, 7) is -0.974. The molecule has 1 saturated carbocycles. The van der Waals surface area contributed by atoms with Crippen LogP contribution in [0.3, 0.4) is 0 Å². The molecular formula is C25H26N6O3. The van der Waals surface area contributed by atoms with Crippen molar-refractivity contribution in [2.75, 3.05) is 42.3 Å². The molecule has 34 heavy (non-hydrogen) atoms. The van der Waals surface area contributed by atoms with Crippen LogP contribution in [0.1, 0.15) is 23.8 Å². The highest BCUT2D eigenvalue weighted by atomic mass is 16.5. The second-order valence-electron chi connectivity index (χ2n) is 8.63. The Bertz CT molecular complexity index is 1500. The topological polar surface area (TPSA) is 105 Å². The highest BCUT2D eigenvalue weighted by Crippen LogP contribution is 2.35. The molecule has 9 heteroatoms. The predicted molar refractivity (Wildman–Crippen MR) is 131 cm³/mol. The van der Waals surface area contributed by atoms with E-state index in [9.17, 15) is 4.79 Å². The van der Waals surface area contributed by atoms with Crippen LogP contribution in [0.25, 0.3) is 33.3 Å². The average molecular weight is 462 g/mol. The number of anilines is 3. The molecule has 2 aliphatic rings. The van der Waals surface area contributed by atoms with Crippen LogP contribution in [0.4, 0.5) is 17.3 Å². The van der Waals surface area contributed by atoms with Gasteiger partial charge in [0.25, 0.3) is 0 Å². The Morgan fingerprint density at radius 3 is 2.94 bits per heavy atom. The number of pyridine rings is 2. The average Bonchev–Trinajstić information content (AvgIpc) is 3.66. The van der Waals surface area contributed by atoms with Crippen LogP contribution in [-0.4, -0.2) is 53.7 Å². The summed E-state index contributed by atoms with van der Waals surface area (Å²) in [5.41, 5.74) is 2.77. The van der Waals surface area contributed by atoms with E-state index >= 15 is 0 Å². The van der Waals surface area contributed by atoms with E-state index in [1.54, 1.807) is 19.4 Å². The molecule has 4 heterocycles. The van der Waals surface area contributed by atoms with E-state index in [2.05, 4.69) is 20.6 Å². The zero-order valence-corrected chi connectivity index (χ0v) is 18.7. The van der Waals surface area contributed by atoms with Crippen LogP contribution in [0, 0.1) is 5.92 Å². The van der Waals surface area contributed by atoms with Crippen LogP contribution in [0.15, 0.2) is 41.1 Å². The molecule has 0 spiro atoms. The summed E-state index contributed by atoms with van der Waals surface area (Å²) in [5.74, 6) is 1.55. The Hall–Kier alpha value is -3.72. The number of hydrogen-bond acceptors (Lipinski definition) is 8. The number of carbonyl (C=O) groups excluding carboxylic acids is 1. The fourth-order valence-corrected chi connectivity index (χ4v) is 4.26. The van der Waals surface area contributed by atoms with Crippen molar-refractivity contribution < 1.29 is 18.1 Å². The first-order valence-electron chi connectivity index (χ1n) is 12.8. The lowest BCUT2D eigenvalue weighted by Gasteiger charge is -2.32. The van der Waals surface area contributed by atoms with E-state index in [0.29, 0.717) is 47.3 Å². The molecule has 2 fully saturated rings. The Labute approximate surface area is 200 Å². The predicted octanol–water partition coefficient (Wildman–Crippen LogP) is 4.05. The minimum atomic E-state index is -2.18. The fraction of sp³-hybridized carbons (Fsp3) is 0.360. The smallest absolute Gasteiger partial charge is 0.229 e. The van der Waals surface area contributed by atoms with Crippen LogP contribution in [0.2, 0.25) is 0 Å². The molecule has 2 N–H and O–H groups in total. The van der Waals surface area contributed by atoms with Crippen molar-refractivity contribution in [3.63, 3.8) is 0 Å². The lowest BCUT2D eigenvalue weighted by Crippen LogP contribution is -2.41. The summed E-state index contributed by atoms with van der Waals surface area (Å²) in [6, 6.07) is 7.44. The summed E-state index contributed by atoms with van der Waals surface area (Å²) in [5, 5.41) is 7.54. The molecule has 1 atom stereocenters. The van der Waals surface area contributed by atoms with E-state index < -0.39 is 13.0 Å². The molecule has 174 valence electrons. The van der Waals surface area contributed by atoms with Crippen LogP contribution >= 0.6 is 0 Å². The lowest BCUT2D eigenvalue weighted by molar-refractivity contribution is -0.117. The number of carbonyl (C=O) groups is 1. The summed E-state index contributed by atoms with van der Waals surface area (Å²) in [6.07, 6.45) is 4.35. The normalized spacial score (nSPS) is 20.1. The number of nitrogens with zero attached hydrogens (tertiary/aromatic N) is 4. The second-order valence-corrected chi connectivity index (χ2v) is 8.63. The maximum absolute atomic E-state index is 12.3. The maximum atomic E-state index is 12.3. The number of fused-ring (bicyclic) bond motifs is 2. The lowest BCUT2D eigenvalue weighted by atomic mass is 10.1. The Morgan fingerprint density at radius 2 is 2.12 bits per heavy atom. The van der Waals surface area contributed by atoms with Gasteiger partial charge >= 0.3 is 0 Å². The Kier molecular flexibility index (Phi) is 4.30. The molecule has 0 bridgehead atoms. The first kappa shape index (κ1) is 17.7. The molecule has 4 aromatic rings. The van der Waals surface area contributed by atoms with Crippen molar-refractivity contribution in [3.05, 3.63) is 36.7 Å². The molecule has 1 aliphatic heterocycles. The zero-order valence-electron chi connectivity index (χ0n) is 21.7. The Balaban J connectivity index is 1.36. The quantitative estimate of drug-likeness (QED) is 0.459. The van der Waals surface area contributed by atoms with Gasteiger partial charge in [-0.3, -0.25) is 4.79 Å². The third-order valence-electron chi connectivity index (χ3n) is 6.24. The minimum absolute atomic E-state index is 0.0190. The Morgan fingerprint density at radius 1 is 1.21 bits per heavy atom. The third kappa shape index (κ3) is 3.81. The maximum Gasteiger partial charge on any atom is 0.229 e. The molecule has 1 unspecified atom stereocenters.